The summed E-state index contributed by atoms with van der Waals surface area (Å²) in [6.07, 6.45) is 0. The minimum absolute atomic E-state index is 0.123. The first-order valence-electron chi connectivity index (χ1n) is 5.74. The molecule has 0 spiro atoms. The Kier molecular flexibility index (Phi) is 4.97. The fourth-order valence-corrected chi connectivity index (χ4v) is 1.79. The van der Waals surface area contributed by atoms with Gasteiger partial charge in [-0.2, -0.15) is 0 Å². The molecule has 0 aliphatic heterocycles. The molecule has 0 fully saturated rings. The first-order chi connectivity index (χ1) is 8.54. The summed E-state index contributed by atoms with van der Waals surface area (Å²) in [5.74, 6) is 0.977. The molecule has 0 heterocycles. The lowest BCUT2D eigenvalue weighted by molar-refractivity contribution is -0.123. The van der Waals surface area contributed by atoms with Crippen molar-refractivity contribution in [2.75, 3.05) is 21.3 Å². The van der Waals surface area contributed by atoms with Crippen LogP contribution in [0, 0.1) is 6.92 Å². The Hall–Kier alpha value is -1.75. The predicted molar refractivity (Wildman–Crippen MR) is 69.9 cm³/mol. The number of amides is 1. The molecule has 0 aliphatic carbocycles. The van der Waals surface area contributed by atoms with Gasteiger partial charge in [0.05, 0.1) is 20.1 Å². The molecule has 0 saturated carbocycles. The van der Waals surface area contributed by atoms with Crippen molar-refractivity contribution in [1.82, 2.24) is 10.9 Å². The van der Waals surface area contributed by atoms with Gasteiger partial charge in [-0.15, -0.1) is 0 Å². The van der Waals surface area contributed by atoms with Crippen LogP contribution >= 0.6 is 0 Å². The van der Waals surface area contributed by atoms with Crippen molar-refractivity contribution in [3.05, 3.63) is 23.3 Å². The molecule has 100 valence electrons. The van der Waals surface area contributed by atoms with E-state index in [1.165, 1.54) is 0 Å². The Labute approximate surface area is 107 Å². The Morgan fingerprint density at radius 1 is 1.22 bits per heavy atom. The van der Waals surface area contributed by atoms with Crippen LogP contribution in [0.5, 0.6) is 11.5 Å². The first kappa shape index (κ1) is 14.3. The summed E-state index contributed by atoms with van der Waals surface area (Å²) in [6.45, 7) is 3.75. The molecule has 0 bridgehead atoms. The molecule has 1 aromatic rings. The van der Waals surface area contributed by atoms with Crippen molar-refractivity contribution in [3.8, 4) is 11.5 Å². The lowest BCUT2D eigenvalue weighted by Crippen LogP contribution is -2.37. The van der Waals surface area contributed by atoms with Crippen LogP contribution in [-0.2, 0) is 4.79 Å². The van der Waals surface area contributed by atoms with Crippen LogP contribution in [0.15, 0.2) is 12.1 Å². The van der Waals surface area contributed by atoms with Gasteiger partial charge in [-0.05, 0) is 31.5 Å². The van der Waals surface area contributed by atoms with Crippen molar-refractivity contribution in [2.45, 2.75) is 19.8 Å². The summed E-state index contributed by atoms with van der Waals surface area (Å²) < 4.78 is 10.6. The maximum Gasteiger partial charge on any atom is 0.241 e. The quantitative estimate of drug-likeness (QED) is 0.777. The second-order valence-corrected chi connectivity index (χ2v) is 4.02. The average molecular weight is 252 g/mol. The SMILES string of the molecule is CNNC(=O)C(C)c1cc(OC)c(C)cc1OC. The fraction of sp³-hybridized carbons (Fsp3) is 0.462. The van der Waals surface area contributed by atoms with Gasteiger partial charge in [0.1, 0.15) is 11.5 Å². The second-order valence-electron chi connectivity index (χ2n) is 4.02. The van der Waals surface area contributed by atoms with Crippen molar-refractivity contribution in [2.24, 2.45) is 0 Å². The van der Waals surface area contributed by atoms with Gasteiger partial charge in [0.15, 0.2) is 0 Å². The smallest absolute Gasteiger partial charge is 0.241 e. The van der Waals surface area contributed by atoms with Gasteiger partial charge in [0, 0.05) is 12.6 Å². The van der Waals surface area contributed by atoms with E-state index in [4.69, 9.17) is 9.47 Å². The number of hydrogen-bond acceptors (Lipinski definition) is 4. The third kappa shape index (κ3) is 2.92. The molecule has 1 atom stereocenters. The highest BCUT2D eigenvalue weighted by molar-refractivity contribution is 5.83. The van der Waals surface area contributed by atoms with Crippen LogP contribution in [0.4, 0.5) is 0 Å². The van der Waals surface area contributed by atoms with Gasteiger partial charge in [-0.3, -0.25) is 10.2 Å². The van der Waals surface area contributed by atoms with E-state index in [1.54, 1.807) is 21.3 Å². The molecule has 5 heteroatoms. The number of nitrogens with one attached hydrogen (secondary N) is 2. The fourth-order valence-electron chi connectivity index (χ4n) is 1.79. The highest BCUT2D eigenvalue weighted by Crippen LogP contribution is 2.33. The molecule has 0 saturated heterocycles. The molecule has 0 radical (unpaired) electrons. The Balaban J connectivity index is 3.16. The van der Waals surface area contributed by atoms with Crippen LogP contribution < -0.4 is 20.3 Å². The van der Waals surface area contributed by atoms with E-state index in [9.17, 15) is 4.79 Å². The molecular formula is C13H20N2O3. The number of ether oxygens (including phenoxy) is 2. The number of hydrazine groups is 1. The maximum atomic E-state index is 11.8. The van der Waals surface area contributed by atoms with Crippen molar-refractivity contribution < 1.29 is 14.3 Å². The van der Waals surface area contributed by atoms with E-state index in [0.717, 1.165) is 16.9 Å². The van der Waals surface area contributed by atoms with E-state index in [0.29, 0.717) is 5.75 Å². The summed E-state index contributed by atoms with van der Waals surface area (Å²) in [5, 5.41) is 0. The Morgan fingerprint density at radius 3 is 2.33 bits per heavy atom. The van der Waals surface area contributed by atoms with Crippen molar-refractivity contribution >= 4 is 5.91 Å². The van der Waals surface area contributed by atoms with Crippen LogP contribution in [0.2, 0.25) is 0 Å². The number of carbonyl (C=O) groups excluding carboxylic acids is 1. The predicted octanol–water partition coefficient (Wildman–Crippen LogP) is 1.37. The summed E-state index contributed by atoms with van der Waals surface area (Å²) in [6, 6.07) is 3.71. The zero-order chi connectivity index (χ0) is 13.7. The van der Waals surface area contributed by atoms with Crippen LogP contribution in [0.3, 0.4) is 0 Å². The number of hydrogen-bond donors (Lipinski definition) is 2. The molecule has 2 N–H and O–H groups in total. The van der Waals surface area contributed by atoms with Crippen molar-refractivity contribution in [3.63, 3.8) is 0 Å². The second kappa shape index (κ2) is 6.26. The lowest BCUT2D eigenvalue weighted by atomic mass is 9.97. The zero-order valence-corrected chi connectivity index (χ0v) is 11.5. The normalized spacial score (nSPS) is 11.8. The lowest BCUT2D eigenvalue weighted by Gasteiger charge is -2.17. The molecular weight excluding hydrogens is 232 g/mol. The number of methoxy groups -OCH3 is 2. The number of rotatable bonds is 5. The standard InChI is InChI=1S/C13H20N2O3/c1-8-6-12(18-5)10(7-11(8)17-4)9(2)13(16)15-14-3/h6-7,9,14H,1-5H3,(H,15,16). The molecule has 18 heavy (non-hydrogen) atoms. The molecule has 0 aromatic heterocycles. The summed E-state index contributed by atoms with van der Waals surface area (Å²) >= 11 is 0. The highest BCUT2D eigenvalue weighted by Gasteiger charge is 2.20. The summed E-state index contributed by atoms with van der Waals surface area (Å²) in [5.41, 5.74) is 6.96. The van der Waals surface area contributed by atoms with Gasteiger partial charge >= 0.3 is 0 Å². The number of benzene rings is 1. The van der Waals surface area contributed by atoms with E-state index in [-0.39, 0.29) is 11.8 Å². The van der Waals surface area contributed by atoms with Gasteiger partial charge in [-0.1, -0.05) is 0 Å². The minimum atomic E-state index is -0.332. The first-order valence-corrected chi connectivity index (χ1v) is 5.74. The van der Waals surface area contributed by atoms with E-state index in [2.05, 4.69) is 10.9 Å². The van der Waals surface area contributed by atoms with Gasteiger partial charge in [-0.25, -0.2) is 5.43 Å². The van der Waals surface area contributed by atoms with E-state index in [1.807, 2.05) is 26.0 Å². The minimum Gasteiger partial charge on any atom is -0.496 e. The van der Waals surface area contributed by atoms with E-state index < -0.39 is 0 Å². The van der Waals surface area contributed by atoms with Crippen molar-refractivity contribution in [1.29, 1.82) is 0 Å². The van der Waals surface area contributed by atoms with Crippen LogP contribution in [-0.4, -0.2) is 27.2 Å². The van der Waals surface area contributed by atoms with Gasteiger partial charge in [0.25, 0.3) is 0 Å². The third-order valence-corrected chi connectivity index (χ3v) is 2.86. The van der Waals surface area contributed by atoms with Gasteiger partial charge < -0.3 is 9.47 Å². The largest absolute Gasteiger partial charge is 0.496 e. The van der Waals surface area contributed by atoms with Crippen LogP contribution in [0.1, 0.15) is 24.0 Å². The summed E-state index contributed by atoms with van der Waals surface area (Å²) in [4.78, 5) is 11.8. The topological polar surface area (TPSA) is 59.6 Å². The molecule has 1 unspecified atom stereocenters. The van der Waals surface area contributed by atoms with E-state index >= 15 is 0 Å². The Morgan fingerprint density at radius 2 is 1.83 bits per heavy atom. The Bertz CT molecular complexity index is 432. The number of carbonyl (C=O) groups is 1. The highest BCUT2D eigenvalue weighted by atomic mass is 16.5. The monoisotopic (exact) mass is 252 g/mol. The summed E-state index contributed by atoms with van der Waals surface area (Å²) in [7, 11) is 4.85. The third-order valence-electron chi connectivity index (χ3n) is 2.86. The molecule has 0 aliphatic rings. The maximum absolute atomic E-state index is 11.8. The molecule has 1 aromatic carbocycles. The zero-order valence-electron chi connectivity index (χ0n) is 11.5. The molecule has 5 nitrogen and oxygen atoms in total. The molecule has 1 amide bonds. The number of aryl methyl sites for hydroxylation is 1. The molecule has 1 rings (SSSR count). The van der Waals surface area contributed by atoms with Gasteiger partial charge in [0.2, 0.25) is 5.91 Å². The van der Waals surface area contributed by atoms with Crippen LogP contribution in [0.25, 0.3) is 0 Å². The average Bonchev–Trinajstić information content (AvgIpc) is 2.37.